The van der Waals surface area contributed by atoms with Gasteiger partial charge in [-0.3, -0.25) is 14.4 Å². The summed E-state index contributed by atoms with van der Waals surface area (Å²) in [5, 5.41) is 11.5. The van der Waals surface area contributed by atoms with Crippen molar-refractivity contribution in [3.8, 4) is 5.75 Å². The highest BCUT2D eigenvalue weighted by molar-refractivity contribution is 5.90. The molecule has 6 nitrogen and oxygen atoms in total. The fourth-order valence-electron chi connectivity index (χ4n) is 2.17. The zero-order chi connectivity index (χ0) is 18.1. The lowest BCUT2D eigenvalue weighted by Gasteiger charge is -2.08. The monoisotopic (exact) mass is 341 g/mol. The first-order valence-electron chi connectivity index (χ1n) is 7.85. The van der Waals surface area contributed by atoms with E-state index in [1.54, 1.807) is 48.5 Å². The third kappa shape index (κ3) is 6.47. The van der Waals surface area contributed by atoms with Crippen LogP contribution in [0.3, 0.4) is 0 Å². The highest BCUT2D eigenvalue weighted by atomic mass is 16.5. The van der Waals surface area contributed by atoms with Gasteiger partial charge >= 0.3 is 5.97 Å². The summed E-state index contributed by atoms with van der Waals surface area (Å²) in [5.74, 6) is -0.372. The highest BCUT2D eigenvalue weighted by Gasteiger charge is 2.04. The third-order valence-corrected chi connectivity index (χ3v) is 3.43. The summed E-state index contributed by atoms with van der Waals surface area (Å²) in [7, 11) is 0. The number of hydrogen-bond acceptors (Lipinski definition) is 4. The van der Waals surface area contributed by atoms with Crippen LogP contribution < -0.4 is 10.1 Å². The van der Waals surface area contributed by atoms with Crippen LogP contribution in [-0.4, -0.2) is 29.9 Å². The number of aliphatic carboxylic acids is 1. The summed E-state index contributed by atoms with van der Waals surface area (Å²) in [5.41, 5.74) is 1.89. The summed E-state index contributed by atoms with van der Waals surface area (Å²) in [6.07, 6.45) is 1.59. The minimum absolute atomic E-state index is 0.0423. The van der Waals surface area contributed by atoms with Crippen LogP contribution in [0.25, 0.3) is 0 Å². The first-order chi connectivity index (χ1) is 12.1. The van der Waals surface area contributed by atoms with Crippen LogP contribution >= 0.6 is 0 Å². The van der Waals surface area contributed by atoms with Gasteiger partial charge in [-0.25, -0.2) is 0 Å². The fourth-order valence-corrected chi connectivity index (χ4v) is 2.17. The molecule has 0 saturated heterocycles. The Labute approximate surface area is 145 Å². The number of carboxylic acid groups (broad SMARTS) is 1. The molecule has 25 heavy (non-hydrogen) atoms. The molecule has 2 rings (SSSR count). The molecule has 0 aliphatic carbocycles. The second-order valence-electron chi connectivity index (χ2n) is 5.45. The first kappa shape index (κ1) is 18.2. The van der Waals surface area contributed by atoms with Crippen LogP contribution in [0.4, 0.5) is 5.69 Å². The molecule has 2 N–H and O–H groups in total. The van der Waals surface area contributed by atoms with E-state index in [1.807, 2.05) is 0 Å². The quantitative estimate of drug-likeness (QED) is 0.540. The molecule has 0 atom stereocenters. The predicted octanol–water partition coefficient (Wildman–Crippen LogP) is 2.92. The Morgan fingerprint density at radius 3 is 2.32 bits per heavy atom. The van der Waals surface area contributed by atoms with Gasteiger partial charge < -0.3 is 15.2 Å². The smallest absolute Gasteiger partial charge is 0.307 e. The highest BCUT2D eigenvalue weighted by Crippen LogP contribution is 2.13. The van der Waals surface area contributed by atoms with Crippen molar-refractivity contribution in [2.45, 2.75) is 19.3 Å². The molecule has 6 heteroatoms. The van der Waals surface area contributed by atoms with E-state index in [0.717, 1.165) is 6.29 Å². The van der Waals surface area contributed by atoms with Crippen LogP contribution in [0.15, 0.2) is 48.5 Å². The molecule has 0 fully saturated rings. The third-order valence-electron chi connectivity index (χ3n) is 3.43. The van der Waals surface area contributed by atoms with E-state index >= 15 is 0 Å². The molecule has 0 aromatic heterocycles. The number of amides is 1. The molecule has 1 amide bonds. The van der Waals surface area contributed by atoms with E-state index in [9.17, 15) is 14.4 Å². The molecule has 2 aromatic rings. The van der Waals surface area contributed by atoms with Gasteiger partial charge in [0.1, 0.15) is 12.0 Å². The normalized spacial score (nSPS) is 10.1. The van der Waals surface area contributed by atoms with Gasteiger partial charge in [0, 0.05) is 17.7 Å². The van der Waals surface area contributed by atoms with Crippen molar-refractivity contribution in [3.63, 3.8) is 0 Å². The number of rotatable bonds is 9. The van der Waals surface area contributed by atoms with E-state index in [0.29, 0.717) is 42.0 Å². The van der Waals surface area contributed by atoms with Gasteiger partial charge in [-0.15, -0.1) is 0 Å². The van der Waals surface area contributed by atoms with Crippen molar-refractivity contribution < 1.29 is 24.2 Å². The zero-order valence-corrected chi connectivity index (χ0v) is 13.6. The Hall–Kier alpha value is -3.15. The second kappa shape index (κ2) is 9.22. The van der Waals surface area contributed by atoms with Gasteiger partial charge in [0.05, 0.1) is 13.0 Å². The van der Waals surface area contributed by atoms with E-state index in [1.165, 1.54) is 0 Å². The number of ether oxygens (including phenoxy) is 1. The standard InChI is InChI=1S/C19H19NO5/c21-13-15-5-9-17(10-6-15)25-11-1-2-18(22)20-16-7-3-14(4-8-16)12-19(23)24/h3-10,13H,1-2,11-12H2,(H,20,22)(H,23,24). The van der Waals surface area contributed by atoms with Crippen molar-refractivity contribution in [2.75, 3.05) is 11.9 Å². The van der Waals surface area contributed by atoms with Crippen molar-refractivity contribution in [1.82, 2.24) is 0 Å². The molecule has 0 unspecified atom stereocenters. The lowest BCUT2D eigenvalue weighted by Crippen LogP contribution is -2.13. The zero-order valence-electron chi connectivity index (χ0n) is 13.6. The average molecular weight is 341 g/mol. The van der Waals surface area contributed by atoms with Crippen LogP contribution in [0.2, 0.25) is 0 Å². The maximum Gasteiger partial charge on any atom is 0.307 e. The van der Waals surface area contributed by atoms with E-state index in [-0.39, 0.29) is 12.3 Å². The molecule has 0 aliphatic heterocycles. The molecule has 0 spiro atoms. The number of carbonyl (C=O) groups is 3. The summed E-state index contributed by atoms with van der Waals surface area (Å²) in [6.45, 7) is 0.394. The number of nitrogens with one attached hydrogen (secondary N) is 1. The van der Waals surface area contributed by atoms with Crippen molar-refractivity contribution in [1.29, 1.82) is 0 Å². The molecular formula is C19H19NO5. The SMILES string of the molecule is O=Cc1ccc(OCCCC(=O)Nc2ccc(CC(=O)O)cc2)cc1. The summed E-state index contributed by atoms with van der Waals surface area (Å²) in [4.78, 5) is 33.0. The number of hydrogen-bond donors (Lipinski definition) is 2. The number of carbonyl (C=O) groups excluding carboxylic acids is 2. The Bertz CT molecular complexity index is 722. The van der Waals surface area contributed by atoms with Gasteiger partial charge in [0.2, 0.25) is 5.91 Å². The molecule has 0 aliphatic rings. The first-order valence-corrected chi connectivity index (χ1v) is 7.85. The Kier molecular flexibility index (Phi) is 6.71. The van der Waals surface area contributed by atoms with Crippen molar-refractivity contribution >= 4 is 23.9 Å². The predicted molar refractivity (Wildman–Crippen MR) is 93.0 cm³/mol. The molecule has 130 valence electrons. The summed E-state index contributed by atoms with van der Waals surface area (Å²) < 4.78 is 5.51. The van der Waals surface area contributed by atoms with Crippen molar-refractivity contribution in [3.05, 3.63) is 59.7 Å². The summed E-state index contributed by atoms with van der Waals surface area (Å²) >= 11 is 0. The molecule has 0 heterocycles. The largest absolute Gasteiger partial charge is 0.494 e. The average Bonchev–Trinajstić information content (AvgIpc) is 2.60. The van der Waals surface area contributed by atoms with Gasteiger partial charge in [-0.2, -0.15) is 0 Å². The molecule has 0 saturated carbocycles. The minimum Gasteiger partial charge on any atom is -0.494 e. The summed E-state index contributed by atoms with van der Waals surface area (Å²) in [6, 6.07) is 13.5. The number of aldehydes is 1. The van der Waals surface area contributed by atoms with Crippen LogP contribution in [-0.2, 0) is 16.0 Å². The van der Waals surface area contributed by atoms with Crippen molar-refractivity contribution in [2.24, 2.45) is 0 Å². The van der Waals surface area contributed by atoms with Crippen LogP contribution in [0.5, 0.6) is 5.75 Å². The van der Waals surface area contributed by atoms with Gasteiger partial charge in [-0.05, 0) is 48.4 Å². The number of benzene rings is 2. The van der Waals surface area contributed by atoms with Crippen LogP contribution in [0.1, 0.15) is 28.8 Å². The van der Waals surface area contributed by atoms with E-state index in [2.05, 4.69) is 5.32 Å². The molecule has 0 radical (unpaired) electrons. The minimum atomic E-state index is -0.891. The van der Waals surface area contributed by atoms with Crippen LogP contribution in [0, 0.1) is 0 Å². The maximum absolute atomic E-state index is 11.9. The Morgan fingerprint density at radius 2 is 1.72 bits per heavy atom. The van der Waals surface area contributed by atoms with Gasteiger partial charge in [0.25, 0.3) is 0 Å². The maximum atomic E-state index is 11.9. The van der Waals surface area contributed by atoms with E-state index < -0.39 is 5.97 Å². The van der Waals surface area contributed by atoms with Gasteiger partial charge in [-0.1, -0.05) is 12.1 Å². The number of anilines is 1. The second-order valence-corrected chi connectivity index (χ2v) is 5.45. The Morgan fingerprint density at radius 1 is 1.04 bits per heavy atom. The fraction of sp³-hybridized carbons (Fsp3) is 0.211. The number of carboxylic acids is 1. The lowest BCUT2D eigenvalue weighted by molar-refractivity contribution is -0.136. The molecular weight excluding hydrogens is 322 g/mol. The van der Waals surface area contributed by atoms with E-state index in [4.69, 9.17) is 9.84 Å². The lowest BCUT2D eigenvalue weighted by atomic mass is 10.1. The molecule has 0 bridgehead atoms. The topological polar surface area (TPSA) is 92.7 Å². The Balaban J connectivity index is 1.69. The van der Waals surface area contributed by atoms with Gasteiger partial charge in [0.15, 0.2) is 0 Å². The molecule has 2 aromatic carbocycles.